The number of nitro benzene ring substituents is 1. The van der Waals surface area contributed by atoms with Crippen LogP contribution in [0.5, 0.6) is 0 Å². The Kier molecular flexibility index (Phi) is 5.07. The Morgan fingerprint density at radius 1 is 1.16 bits per heavy atom. The van der Waals surface area contributed by atoms with E-state index in [2.05, 4.69) is 5.32 Å². The number of amides is 1. The molecule has 1 amide bonds. The van der Waals surface area contributed by atoms with E-state index < -0.39 is 14.9 Å². The summed E-state index contributed by atoms with van der Waals surface area (Å²) in [6.45, 7) is 2.85. The predicted molar refractivity (Wildman–Crippen MR) is 94.2 cm³/mol. The lowest BCUT2D eigenvalue weighted by atomic mass is 10.1. The van der Waals surface area contributed by atoms with E-state index in [4.69, 9.17) is 0 Å². The molecule has 9 heteroatoms. The molecule has 132 valence electrons. The molecule has 2 aromatic carbocycles. The molecule has 0 aliphatic rings. The first-order valence-corrected chi connectivity index (χ1v) is 8.69. The van der Waals surface area contributed by atoms with E-state index in [1.54, 1.807) is 0 Å². The first-order chi connectivity index (χ1) is 11.6. The van der Waals surface area contributed by atoms with Gasteiger partial charge < -0.3 is 5.32 Å². The minimum Gasteiger partial charge on any atom is -0.326 e. The van der Waals surface area contributed by atoms with Crippen molar-refractivity contribution in [1.82, 2.24) is 0 Å². The molecule has 0 aliphatic heterocycles. The molecule has 0 bridgehead atoms. The Bertz CT molecular complexity index is 923. The van der Waals surface area contributed by atoms with Crippen LogP contribution in [0.25, 0.3) is 0 Å². The van der Waals surface area contributed by atoms with Gasteiger partial charge >= 0.3 is 0 Å². The van der Waals surface area contributed by atoms with Gasteiger partial charge in [0, 0.05) is 25.7 Å². The van der Waals surface area contributed by atoms with Crippen LogP contribution in [0, 0.1) is 17.0 Å². The Balaban J connectivity index is 2.41. The fourth-order valence-corrected chi connectivity index (χ4v) is 3.60. The molecule has 2 aromatic rings. The largest absolute Gasteiger partial charge is 0.326 e. The number of nitrogens with one attached hydrogen (secondary N) is 1. The second-order valence-electron chi connectivity index (χ2n) is 5.36. The van der Waals surface area contributed by atoms with Crippen molar-refractivity contribution in [1.29, 1.82) is 0 Å². The van der Waals surface area contributed by atoms with Crippen LogP contribution in [-0.2, 0) is 14.8 Å². The summed E-state index contributed by atoms with van der Waals surface area (Å²) in [4.78, 5) is 21.5. The summed E-state index contributed by atoms with van der Waals surface area (Å²) >= 11 is 0. The molecular weight excluding hydrogens is 346 g/mol. The van der Waals surface area contributed by atoms with Crippen molar-refractivity contribution in [3.63, 3.8) is 0 Å². The number of benzene rings is 2. The molecule has 0 aliphatic carbocycles. The second kappa shape index (κ2) is 6.89. The van der Waals surface area contributed by atoms with Gasteiger partial charge in [-0.15, -0.1) is 0 Å². The Morgan fingerprint density at radius 3 is 2.28 bits per heavy atom. The van der Waals surface area contributed by atoms with Crippen molar-refractivity contribution in [2.75, 3.05) is 16.7 Å². The van der Waals surface area contributed by atoms with Crippen LogP contribution >= 0.6 is 0 Å². The van der Waals surface area contributed by atoms with Gasteiger partial charge in [-0.3, -0.25) is 19.2 Å². The van der Waals surface area contributed by atoms with E-state index in [-0.39, 0.29) is 27.7 Å². The van der Waals surface area contributed by atoms with Crippen molar-refractivity contribution in [3.8, 4) is 0 Å². The van der Waals surface area contributed by atoms with Crippen LogP contribution in [0.4, 0.5) is 17.1 Å². The van der Waals surface area contributed by atoms with Crippen molar-refractivity contribution >= 4 is 33.0 Å². The third kappa shape index (κ3) is 3.77. The molecule has 0 unspecified atom stereocenters. The summed E-state index contributed by atoms with van der Waals surface area (Å²) in [5, 5.41) is 13.6. The number of hydrogen-bond acceptors (Lipinski definition) is 5. The third-order valence-corrected chi connectivity index (χ3v) is 5.43. The Morgan fingerprint density at radius 2 is 1.76 bits per heavy atom. The summed E-state index contributed by atoms with van der Waals surface area (Å²) < 4.78 is 26.5. The van der Waals surface area contributed by atoms with Gasteiger partial charge in [0.05, 0.1) is 21.1 Å². The number of nitro groups is 1. The summed E-state index contributed by atoms with van der Waals surface area (Å²) in [5.41, 5.74) is 0.801. The van der Waals surface area contributed by atoms with Crippen molar-refractivity contribution in [3.05, 3.63) is 58.1 Å². The topological polar surface area (TPSA) is 110 Å². The number of anilines is 2. The Hall–Kier alpha value is -2.94. The summed E-state index contributed by atoms with van der Waals surface area (Å²) in [6.07, 6.45) is 0. The molecular formula is C16H17N3O5S. The average molecular weight is 363 g/mol. The van der Waals surface area contributed by atoms with Gasteiger partial charge in [-0.1, -0.05) is 6.07 Å². The smallest absolute Gasteiger partial charge is 0.274 e. The molecule has 0 saturated heterocycles. The SMILES string of the molecule is CC(=O)Nc1ccc(S(=O)(=O)N(C)c2cccc([N+](=O)[O-])c2C)cc1. The van der Waals surface area contributed by atoms with E-state index in [1.807, 2.05) is 0 Å². The lowest BCUT2D eigenvalue weighted by Gasteiger charge is -2.21. The number of rotatable bonds is 5. The number of carbonyl (C=O) groups is 1. The predicted octanol–water partition coefficient (Wildman–Crippen LogP) is 2.69. The fourth-order valence-electron chi connectivity index (χ4n) is 2.35. The lowest BCUT2D eigenvalue weighted by molar-refractivity contribution is -0.385. The van der Waals surface area contributed by atoms with Crippen LogP contribution in [0.1, 0.15) is 12.5 Å². The zero-order valence-electron chi connectivity index (χ0n) is 13.9. The second-order valence-corrected chi connectivity index (χ2v) is 7.33. The number of sulfonamides is 1. The van der Waals surface area contributed by atoms with Gasteiger partial charge in [0.1, 0.15) is 0 Å². The van der Waals surface area contributed by atoms with E-state index >= 15 is 0 Å². The standard InChI is InChI=1S/C16H17N3O5S/c1-11-15(5-4-6-16(11)19(21)22)18(3)25(23,24)14-9-7-13(8-10-14)17-12(2)20/h4-10H,1-3H3,(H,17,20). The van der Waals surface area contributed by atoms with Crippen LogP contribution in [0.3, 0.4) is 0 Å². The summed E-state index contributed by atoms with van der Waals surface area (Å²) in [5.74, 6) is -0.264. The number of hydrogen-bond donors (Lipinski definition) is 1. The highest BCUT2D eigenvalue weighted by atomic mass is 32.2. The molecule has 0 heterocycles. The van der Waals surface area contributed by atoms with E-state index in [0.717, 1.165) is 4.31 Å². The van der Waals surface area contributed by atoms with Crippen molar-refractivity contribution in [2.45, 2.75) is 18.7 Å². The lowest BCUT2D eigenvalue weighted by Crippen LogP contribution is -2.27. The van der Waals surface area contributed by atoms with Crippen LogP contribution < -0.4 is 9.62 Å². The maximum absolute atomic E-state index is 12.8. The molecule has 0 saturated carbocycles. The fraction of sp³-hybridized carbons (Fsp3) is 0.188. The number of carbonyl (C=O) groups excluding carboxylic acids is 1. The van der Waals surface area contributed by atoms with Crippen molar-refractivity contribution in [2.24, 2.45) is 0 Å². The number of nitrogens with zero attached hydrogens (tertiary/aromatic N) is 2. The van der Waals surface area contributed by atoms with Crippen molar-refractivity contribution < 1.29 is 18.1 Å². The quantitative estimate of drug-likeness (QED) is 0.649. The molecule has 2 rings (SSSR count). The normalized spacial score (nSPS) is 11.0. The molecule has 25 heavy (non-hydrogen) atoms. The van der Waals surface area contributed by atoms with E-state index in [1.165, 1.54) is 63.4 Å². The highest BCUT2D eigenvalue weighted by molar-refractivity contribution is 7.92. The van der Waals surface area contributed by atoms with Gasteiger partial charge in [0.2, 0.25) is 5.91 Å². The maximum atomic E-state index is 12.8. The Labute approximate surface area is 145 Å². The maximum Gasteiger partial charge on any atom is 0.274 e. The van der Waals surface area contributed by atoms with Gasteiger partial charge in [0.15, 0.2) is 0 Å². The zero-order chi connectivity index (χ0) is 18.8. The summed E-state index contributed by atoms with van der Waals surface area (Å²) in [6, 6.07) is 9.94. The molecule has 0 atom stereocenters. The molecule has 0 radical (unpaired) electrons. The average Bonchev–Trinajstić information content (AvgIpc) is 2.54. The summed E-state index contributed by atoms with van der Waals surface area (Å²) in [7, 11) is -2.57. The minimum absolute atomic E-state index is 0.00927. The van der Waals surface area contributed by atoms with Gasteiger partial charge in [-0.25, -0.2) is 8.42 Å². The molecule has 0 spiro atoms. The van der Waals surface area contributed by atoms with Gasteiger partial charge in [0.25, 0.3) is 15.7 Å². The van der Waals surface area contributed by atoms with Crippen LogP contribution in [0.2, 0.25) is 0 Å². The molecule has 0 fully saturated rings. The third-order valence-electron chi connectivity index (χ3n) is 3.65. The molecule has 1 N–H and O–H groups in total. The van der Waals surface area contributed by atoms with Gasteiger partial charge in [-0.2, -0.15) is 0 Å². The first kappa shape index (κ1) is 18.4. The zero-order valence-corrected chi connectivity index (χ0v) is 14.7. The molecule has 8 nitrogen and oxygen atoms in total. The monoisotopic (exact) mass is 363 g/mol. The molecule has 0 aromatic heterocycles. The van der Waals surface area contributed by atoms with E-state index in [0.29, 0.717) is 5.69 Å². The highest BCUT2D eigenvalue weighted by Gasteiger charge is 2.25. The minimum atomic E-state index is -3.90. The highest BCUT2D eigenvalue weighted by Crippen LogP contribution is 2.31. The first-order valence-electron chi connectivity index (χ1n) is 7.25. The van der Waals surface area contributed by atoms with Crippen LogP contribution in [-0.4, -0.2) is 26.3 Å². The van der Waals surface area contributed by atoms with Gasteiger partial charge in [-0.05, 0) is 37.3 Å². The van der Waals surface area contributed by atoms with E-state index in [9.17, 15) is 23.3 Å². The van der Waals surface area contributed by atoms with Crippen LogP contribution in [0.15, 0.2) is 47.4 Å².